The van der Waals surface area contributed by atoms with Crippen LogP contribution in [0.1, 0.15) is 0 Å². The Morgan fingerprint density at radius 3 is 2.82 bits per heavy atom. The lowest BCUT2D eigenvalue weighted by Crippen LogP contribution is -2.43. The van der Waals surface area contributed by atoms with Gasteiger partial charge in [-0.2, -0.15) is 0 Å². The molecule has 66 valence electrons. The van der Waals surface area contributed by atoms with Crippen LogP contribution in [0.3, 0.4) is 0 Å². The third kappa shape index (κ3) is 2.75. The van der Waals surface area contributed by atoms with Gasteiger partial charge in [0.2, 0.25) is 0 Å². The molecule has 0 radical (unpaired) electrons. The predicted molar refractivity (Wildman–Crippen MR) is 40.3 cm³/mol. The van der Waals surface area contributed by atoms with E-state index in [1.165, 1.54) is 0 Å². The van der Waals surface area contributed by atoms with E-state index in [9.17, 15) is 10.2 Å². The first kappa shape index (κ1) is 8.93. The Morgan fingerprint density at radius 1 is 1.36 bits per heavy atom. The number of ether oxygens (including phenoxy) is 1. The Balaban J connectivity index is 2.38. The van der Waals surface area contributed by atoms with Crippen molar-refractivity contribution in [1.82, 2.24) is 4.90 Å². The van der Waals surface area contributed by atoms with Crippen LogP contribution in [0.15, 0.2) is 0 Å². The summed E-state index contributed by atoms with van der Waals surface area (Å²) in [6, 6.07) is 0. The van der Waals surface area contributed by atoms with Crippen molar-refractivity contribution >= 4 is 0 Å². The van der Waals surface area contributed by atoms with Crippen molar-refractivity contribution in [2.45, 2.75) is 12.2 Å². The first-order valence-corrected chi connectivity index (χ1v) is 3.82. The van der Waals surface area contributed by atoms with Crippen molar-refractivity contribution in [3.8, 4) is 0 Å². The SMILES string of the molecule is CN1CCOC[C@@H](O)[C@H](O)C1. The second-order valence-corrected chi connectivity index (χ2v) is 2.97. The van der Waals surface area contributed by atoms with E-state index in [1.807, 2.05) is 11.9 Å². The highest BCUT2D eigenvalue weighted by atomic mass is 16.5. The summed E-state index contributed by atoms with van der Waals surface area (Å²) in [7, 11) is 1.89. The average molecular weight is 161 g/mol. The summed E-state index contributed by atoms with van der Waals surface area (Å²) in [6.07, 6.45) is -1.42. The molecule has 2 N–H and O–H groups in total. The van der Waals surface area contributed by atoms with E-state index in [1.54, 1.807) is 0 Å². The molecule has 1 fully saturated rings. The Hall–Kier alpha value is -0.160. The molecule has 1 heterocycles. The van der Waals surface area contributed by atoms with Gasteiger partial charge in [0, 0.05) is 13.1 Å². The fourth-order valence-electron chi connectivity index (χ4n) is 1.07. The normalized spacial score (nSPS) is 36.3. The number of hydrogen-bond acceptors (Lipinski definition) is 4. The smallest absolute Gasteiger partial charge is 0.104 e. The zero-order chi connectivity index (χ0) is 8.27. The second-order valence-electron chi connectivity index (χ2n) is 2.97. The molecule has 1 aliphatic rings. The van der Waals surface area contributed by atoms with Gasteiger partial charge in [0.25, 0.3) is 0 Å². The van der Waals surface area contributed by atoms with Crippen molar-refractivity contribution in [2.75, 3.05) is 33.4 Å². The minimum absolute atomic E-state index is 0.245. The minimum Gasteiger partial charge on any atom is -0.389 e. The summed E-state index contributed by atoms with van der Waals surface area (Å²) in [5.41, 5.74) is 0. The molecule has 0 unspecified atom stereocenters. The fraction of sp³-hybridized carbons (Fsp3) is 1.00. The molecule has 2 atom stereocenters. The molecule has 0 aromatic rings. The van der Waals surface area contributed by atoms with Crippen LogP contribution in [-0.2, 0) is 4.74 Å². The predicted octanol–water partition coefficient (Wildman–Crippen LogP) is -1.33. The number of likely N-dealkylation sites (N-methyl/N-ethyl adjacent to an activating group) is 1. The zero-order valence-electron chi connectivity index (χ0n) is 6.73. The van der Waals surface area contributed by atoms with E-state index < -0.39 is 12.2 Å². The van der Waals surface area contributed by atoms with Gasteiger partial charge in [-0.3, -0.25) is 0 Å². The molecule has 11 heavy (non-hydrogen) atoms. The van der Waals surface area contributed by atoms with Crippen molar-refractivity contribution in [1.29, 1.82) is 0 Å². The van der Waals surface area contributed by atoms with Gasteiger partial charge in [-0.15, -0.1) is 0 Å². The van der Waals surface area contributed by atoms with Gasteiger partial charge in [-0.05, 0) is 7.05 Å². The number of nitrogens with zero attached hydrogens (tertiary/aromatic N) is 1. The van der Waals surface area contributed by atoms with Crippen molar-refractivity contribution < 1.29 is 14.9 Å². The van der Waals surface area contributed by atoms with Crippen LogP contribution in [0.5, 0.6) is 0 Å². The van der Waals surface area contributed by atoms with Crippen LogP contribution in [0.2, 0.25) is 0 Å². The Bertz CT molecular complexity index is 120. The lowest BCUT2D eigenvalue weighted by Gasteiger charge is -2.27. The maximum atomic E-state index is 9.28. The Morgan fingerprint density at radius 2 is 2.09 bits per heavy atom. The summed E-state index contributed by atoms with van der Waals surface area (Å²) in [5.74, 6) is 0. The number of aliphatic hydroxyl groups is 2. The summed E-state index contributed by atoms with van der Waals surface area (Å²) in [5, 5.41) is 18.5. The molecule has 0 amide bonds. The summed E-state index contributed by atoms with van der Waals surface area (Å²) in [4.78, 5) is 1.94. The highest BCUT2D eigenvalue weighted by Gasteiger charge is 2.20. The number of aliphatic hydroxyl groups excluding tert-OH is 2. The molecular weight excluding hydrogens is 146 g/mol. The maximum absolute atomic E-state index is 9.28. The van der Waals surface area contributed by atoms with Crippen molar-refractivity contribution in [2.24, 2.45) is 0 Å². The van der Waals surface area contributed by atoms with Gasteiger partial charge in [0.1, 0.15) is 6.10 Å². The monoisotopic (exact) mass is 161 g/mol. The first-order chi connectivity index (χ1) is 5.20. The third-order valence-electron chi connectivity index (χ3n) is 1.85. The van der Waals surface area contributed by atoms with Gasteiger partial charge in [0.15, 0.2) is 0 Å². The molecule has 1 aliphatic heterocycles. The van der Waals surface area contributed by atoms with E-state index >= 15 is 0 Å². The van der Waals surface area contributed by atoms with E-state index in [0.29, 0.717) is 13.2 Å². The molecule has 1 saturated heterocycles. The summed E-state index contributed by atoms with van der Waals surface area (Å²) >= 11 is 0. The largest absolute Gasteiger partial charge is 0.389 e. The number of rotatable bonds is 0. The van der Waals surface area contributed by atoms with E-state index in [0.717, 1.165) is 6.54 Å². The number of β-amino-alcohol motifs (C(OH)–C–C–N with tert-alkyl or cyclic N) is 1. The molecule has 0 bridgehead atoms. The van der Waals surface area contributed by atoms with E-state index in [4.69, 9.17) is 4.74 Å². The lowest BCUT2D eigenvalue weighted by molar-refractivity contribution is -0.0667. The number of hydrogen-bond donors (Lipinski definition) is 2. The van der Waals surface area contributed by atoms with Gasteiger partial charge < -0.3 is 19.8 Å². The van der Waals surface area contributed by atoms with E-state index in [-0.39, 0.29) is 6.61 Å². The molecule has 1 rings (SSSR count). The second kappa shape index (κ2) is 4.01. The standard InChI is InChI=1S/C7H15NO3/c1-8-2-3-11-5-7(10)6(9)4-8/h6-7,9-10H,2-5H2,1H3/t6-,7-/m1/s1. The lowest BCUT2D eigenvalue weighted by atomic mass is 10.2. The molecule has 4 nitrogen and oxygen atoms in total. The van der Waals surface area contributed by atoms with Crippen LogP contribution in [0, 0.1) is 0 Å². The maximum Gasteiger partial charge on any atom is 0.104 e. The van der Waals surface area contributed by atoms with Crippen LogP contribution in [0.25, 0.3) is 0 Å². The van der Waals surface area contributed by atoms with Crippen molar-refractivity contribution in [3.63, 3.8) is 0 Å². The Kier molecular flexibility index (Phi) is 3.26. The van der Waals surface area contributed by atoms with Crippen molar-refractivity contribution in [3.05, 3.63) is 0 Å². The van der Waals surface area contributed by atoms with Crippen LogP contribution in [-0.4, -0.2) is 60.7 Å². The van der Waals surface area contributed by atoms with Crippen LogP contribution in [0.4, 0.5) is 0 Å². The zero-order valence-corrected chi connectivity index (χ0v) is 6.73. The average Bonchev–Trinajstić information content (AvgIpc) is 1.95. The molecular formula is C7H15NO3. The molecule has 0 aromatic heterocycles. The van der Waals surface area contributed by atoms with Gasteiger partial charge >= 0.3 is 0 Å². The van der Waals surface area contributed by atoms with Gasteiger partial charge in [-0.1, -0.05) is 0 Å². The minimum atomic E-state index is -0.738. The third-order valence-corrected chi connectivity index (χ3v) is 1.85. The topological polar surface area (TPSA) is 52.9 Å². The highest BCUT2D eigenvalue weighted by Crippen LogP contribution is 2.00. The van der Waals surface area contributed by atoms with Gasteiger partial charge in [0.05, 0.1) is 19.3 Å². The summed E-state index contributed by atoms with van der Waals surface area (Å²) < 4.78 is 5.08. The van der Waals surface area contributed by atoms with Gasteiger partial charge in [-0.25, -0.2) is 0 Å². The molecule has 0 saturated carbocycles. The van der Waals surface area contributed by atoms with Crippen LogP contribution >= 0.6 is 0 Å². The molecule has 0 aromatic carbocycles. The fourth-order valence-corrected chi connectivity index (χ4v) is 1.07. The van der Waals surface area contributed by atoms with Crippen LogP contribution < -0.4 is 0 Å². The first-order valence-electron chi connectivity index (χ1n) is 3.82. The molecule has 4 heteroatoms. The molecule has 0 spiro atoms. The Labute approximate surface area is 66.4 Å². The summed E-state index contributed by atoms with van der Waals surface area (Å²) in [6.45, 7) is 2.20. The highest BCUT2D eigenvalue weighted by molar-refractivity contribution is 4.72. The molecule has 0 aliphatic carbocycles. The van der Waals surface area contributed by atoms with E-state index in [2.05, 4.69) is 0 Å². The quantitative estimate of drug-likeness (QED) is 0.462.